The van der Waals surface area contributed by atoms with Crippen LogP contribution in [0.3, 0.4) is 0 Å². The third-order valence-corrected chi connectivity index (χ3v) is 9.05. The molecule has 0 saturated carbocycles. The summed E-state index contributed by atoms with van der Waals surface area (Å²) in [5, 5.41) is 128. The topological polar surface area (TPSA) is 375 Å². The van der Waals surface area contributed by atoms with Crippen LogP contribution in [-0.2, 0) is 47.6 Å². The second kappa shape index (κ2) is 18.7. The first-order valence-corrected chi connectivity index (χ1v) is 16.2. The summed E-state index contributed by atoms with van der Waals surface area (Å²) >= 11 is 0. The Balaban J connectivity index is 1.51. The number of nitrogens with one attached hydrogen (secondary N) is 2. The lowest BCUT2D eigenvalue weighted by Crippen LogP contribution is -2.70. The van der Waals surface area contributed by atoms with Crippen molar-refractivity contribution >= 4 is 11.8 Å². The molecule has 0 aromatic heterocycles. The predicted molar refractivity (Wildman–Crippen MR) is 159 cm³/mol. The highest BCUT2D eigenvalue weighted by Crippen LogP contribution is 2.33. The number of carbonyl (C=O) groups excluding carboxylic acids is 2. The minimum Gasteiger partial charge on any atom is -0.394 e. The Morgan fingerprint density at radius 1 is 0.538 bits per heavy atom. The quantitative estimate of drug-likeness (QED) is 0.0611. The molecule has 2 amide bonds. The van der Waals surface area contributed by atoms with E-state index in [0.717, 1.165) is 13.8 Å². The van der Waals surface area contributed by atoms with Gasteiger partial charge in [-0.15, -0.1) is 0 Å². The Morgan fingerprint density at radius 2 is 1.02 bits per heavy atom. The van der Waals surface area contributed by atoms with Crippen LogP contribution < -0.4 is 10.6 Å². The van der Waals surface area contributed by atoms with Gasteiger partial charge in [-0.05, 0) is 0 Å². The zero-order valence-corrected chi connectivity index (χ0v) is 27.8. The molecule has 4 fully saturated rings. The fourth-order valence-corrected chi connectivity index (χ4v) is 6.31. The summed E-state index contributed by atoms with van der Waals surface area (Å²) < 4.78 is 39.0. The summed E-state index contributed by atoms with van der Waals surface area (Å²) in [6.45, 7) is -0.915. The van der Waals surface area contributed by atoms with Crippen LogP contribution in [-0.4, -0.2) is 222 Å². The Hall–Kier alpha value is -1.86. The second-order valence-electron chi connectivity index (χ2n) is 12.8. The van der Waals surface area contributed by atoms with Crippen molar-refractivity contribution in [1.29, 1.82) is 0 Å². The molecule has 52 heavy (non-hydrogen) atoms. The van der Waals surface area contributed by atoms with Crippen molar-refractivity contribution in [2.24, 2.45) is 0 Å². The van der Waals surface area contributed by atoms with Gasteiger partial charge in [-0.25, -0.2) is 4.89 Å². The van der Waals surface area contributed by atoms with E-state index in [2.05, 4.69) is 15.5 Å². The zero-order chi connectivity index (χ0) is 38.6. The van der Waals surface area contributed by atoms with Crippen molar-refractivity contribution in [3.05, 3.63) is 0 Å². The van der Waals surface area contributed by atoms with Gasteiger partial charge in [-0.2, -0.15) is 0 Å². The molecule has 0 aromatic rings. The van der Waals surface area contributed by atoms with E-state index >= 15 is 0 Å². The fourth-order valence-electron chi connectivity index (χ4n) is 6.31. The Kier molecular flexibility index (Phi) is 15.4. The Bertz CT molecular complexity index is 1160. The van der Waals surface area contributed by atoms with Crippen molar-refractivity contribution in [2.45, 2.75) is 137 Å². The van der Waals surface area contributed by atoms with Gasteiger partial charge >= 0.3 is 0 Å². The minimum absolute atomic E-state index is 0.671. The third-order valence-electron chi connectivity index (χ3n) is 9.05. The first kappa shape index (κ1) is 42.9. The van der Waals surface area contributed by atoms with Crippen molar-refractivity contribution in [2.75, 3.05) is 26.4 Å². The van der Waals surface area contributed by atoms with Gasteiger partial charge in [0.25, 0.3) is 0 Å². The molecule has 4 heterocycles. The highest BCUT2D eigenvalue weighted by Gasteiger charge is 2.54. The lowest BCUT2D eigenvalue weighted by Gasteiger charge is -2.49. The average molecular weight is 765 g/mol. The monoisotopic (exact) mass is 764 g/mol. The van der Waals surface area contributed by atoms with Crippen LogP contribution in [0.4, 0.5) is 0 Å². The maximum atomic E-state index is 12.2. The van der Waals surface area contributed by atoms with Gasteiger partial charge in [-0.1, -0.05) is 0 Å². The molecule has 0 aliphatic carbocycles. The number of aliphatic hydroxyl groups excluding tert-OH is 11. The van der Waals surface area contributed by atoms with Gasteiger partial charge in [0.2, 0.25) is 11.8 Å². The van der Waals surface area contributed by atoms with Gasteiger partial charge in [0, 0.05) is 13.8 Å². The third kappa shape index (κ3) is 9.50. The largest absolute Gasteiger partial charge is 0.394 e. The van der Waals surface area contributed by atoms with Gasteiger partial charge in [0.05, 0.1) is 19.8 Å². The second-order valence-corrected chi connectivity index (χ2v) is 12.8. The molecule has 4 rings (SSSR count). The van der Waals surface area contributed by atoms with E-state index in [1.165, 1.54) is 0 Å². The van der Waals surface area contributed by atoms with Gasteiger partial charge in [0.1, 0.15) is 104 Å². The standard InChI is InChI=1S/C28H48N2O22/c1-7(33)29-13-17(37)24(12(6-46-44)47-25(13)43)51-26-14(30-8(2)34)18(38)23(10(4-32)49-26)52-28-22(42)20(40)16(36)11(50-28)5-45-27-21(41)19(39)15(35)9(3-31)48-27/h9-28,31-32,35-44H,3-6H2,1-2H3,(H,29,33)(H,30,34)/t9-,10-,11-,12-,13-,14-,15-,16-,17-,18-,19+,20+,21+,22+,23-,24-,25-,26+,27-,28-/m1/s1. The van der Waals surface area contributed by atoms with E-state index in [0.29, 0.717) is 0 Å². The van der Waals surface area contributed by atoms with Crippen molar-refractivity contribution in [3.63, 3.8) is 0 Å². The smallest absolute Gasteiger partial charge is 0.217 e. The van der Waals surface area contributed by atoms with Gasteiger partial charge < -0.3 is 100.0 Å². The maximum absolute atomic E-state index is 12.2. The van der Waals surface area contributed by atoms with Crippen molar-refractivity contribution in [1.82, 2.24) is 10.6 Å². The van der Waals surface area contributed by atoms with E-state index in [-0.39, 0.29) is 0 Å². The number of hydrogen-bond donors (Lipinski definition) is 14. The lowest BCUT2D eigenvalue weighted by molar-refractivity contribution is -0.369. The van der Waals surface area contributed by atoms with E-state index in [1.807, 2.05) is 0 Å². The zero-order valence-electron chi connectivity index (χ0n) is 27.8. The molecule has 0 spiro atoms. The van der Waals surface area contributed by atoms with Crippen LogP contribution in [0.15, 0.2) is 0 Å². The van der Waals surface area contributed by atoms with E-state index in [1.54, 1.807) is 0 Å². The first-order chi connectivity index (χ1) is 24.5. The molecular formula is C28H48N2O22. The molecule has 0 unspecified atom stereocenters. The number of aliphatic hydroxyl groups is 11. The number of rotatable bonds is 13. The highest BCUT2D eigenvalue weighted by atomic mass is 17.1. The summed E-state index contributed by atoms with van der Waals surface area (Å²) in [4.78, 5) is 28.0. The van der Waals surface area contributed by atoms with Gasteiger partial charge in [0.15, 0.2) is 25.2 Å². The Labute approximate surface area is 294 Å². The van der Waals surface area contributed by atoms with Crippen LogP contribution >= 0.6 is 0 Å². The lowest BCUT2D eigenvalue weighted by atomic mass is 9.94. The van der Waals surface area contributed by atoms with Crippen LogP contribution in [0.1, 0.15) is 13.8 Å². The van der Waals surface area contributed by atoms with Crippen LogP contribution in [0, 0.1) is 0 Å². The SMILES string of the molecule is CC(=O)N[C@@H]1[C@@H](O)[C@H](O[C@@H]2O[C@H](CO)[C@@H](O[C@H]3O[C@H](CO[C@@H]4O[C@H](CO)[C@@H](O)[C@H](O)[C@@H]4O)[C@@H](O)[C@H](O)[C@@H]3O)[C@H](O)[C@H]2NC(C)=O)[C@@H](COO)O[C@H]1O. The van der Waals surface area contributed by atoms with Crippen molar-refractivity contribution < 1.29 is 109 Å². The summed E-state index contributed by atoms with van der Waals surface area (Å²) in [7, 11) is 0. The summed E-state index contributed by atoms with van der Waals surface area (Å²) in [6, 6.07) is -3.07. The number of hydrogen-bond acceptors (Lipinski definition) is 22. The molecule has 4 aliphatic heterocycles. The molecule has 4 saturated heterocycles. The Morgan fingerprint density at radius 3 is 1.60 bits per heavy atom. The van der Waals surface area contributed by atoms with Crippen LogP contribution in [0.5, 0.6) is 0 Å². The molecular weight excluding hydrogens is 716 g/mol. The molecule has 20 atom stereocenters. The number of ether oxygens (including phenoxy) is 7. The summed E-state index contributed by atoms with van der Waals surface area (Å²) in [6.07, 6.45) is -31.1. The minimum atomic E-state index is -2.01. The molecule has 14 N–H and O–H groups in total. The van der Waals surface area contributed by atoms with Gasteiger partial charge in [-0.3, -0.25) is 14.8 Å². The predicted octanol–water partition coefficient (Wildman–Crippen LogP) is -8.96. The maximum Gasteiger partial charge on any atom is 0.217 e. The summed E-state index contributed by atoms with van der Waals surface area (Å²) in [5.41, 5.74) is 0. The first-order valence-electron chi connectivity index (χ1n) is 16.2. The molecule has 24 heteroatoms. The van der Waals surface area contributed by atoms with Crippen LogP contribution in [0.2, 0.25) is 0 Å². The molecule has 0 radical (unpaired) electrons. The highest BCUT2D eigenvalue weighted by molar-refractivity contribution is 5.73. The normalized spacial score (nSPS) is 47.1. The average Bonchev–Trinajstić information content (AvgIpc) is 3.09. The number of carbonyl (C=O) groups is 2. The van der Waals surface area contributed by atoms with E-state index < -0.39 is 161 Å². The molecule has 24 nitrogen and oxygen atoms in total. The number of amides is 2. The fraction of sp³-hybridized carbons (Fsp3) is 0.929. The molecule has 0 aromatic carbocycles. The van der Waals surface area contributed by atoms with Crippen molar-refractivity contribution in [3.8, 4) is 0 Å². The molecule has 302 valence electrons. The molecule has 0 bridgehead atoms. The molecule has 4 aliphatic rings. The van der Waals surface area contributed by atoms with E-state index in [4.69, 9.17) is 38.4 Å². The van der Waals surface area contributed by atoms with E-state index in [9.17, 15) is 65.8 Å². The summed E-state index contributed by atoms with van der Waals surface area (Å²) in [5.74, 6) is -1.42. The van der Waals surface area contributed by atoms with Crippen LogP contribution in [0.25, 0.3) is 0 Å².